The molecule has 1 aromatic heterocycles. The van der Waals surface area contributed by atoms with Crippen molar-refractivity contribution < 1.29 is 9.59 Å². The van der Waals surface area contributed by atoms with Gasteiger partial charge in [-0.1, -0.05) is 24.3 Å². The Morgan fingerprint density at radius 1 is 1.30 bits per heavy atom. The first-order valence-corrected chi connectivity index (χ1v) is 10.00. The number of nitrogens with one attached hydrogen (secondary N) is 2. The van der Waals surface area contributed by atoms with Crippen LogP contribution in [-0.4, -0.2) is 34.8 Å². The number of para-hydroxylation sites is 1. The minimum absolute atomic E-state index is 0.0826. The van der Waals surface area contributed by atoms with E-state index in [1.807, 2.05) is 30.2 Å². The predicted octanol–water partition coefficient (Wildman–Crippen LogP) is 3.52. The van der Waals surface area contributed by atoms with Gasteiger partial charge in [0, 0.05) is 42.3 Å². The molecule has 0 bridgehead atoms. The summed E-state index contributed by atoms with van der Waals surface area (Å²) in [7, 11) is 0. The van der Waals surface area contributed by atoms with Gasteiger partial charge in [0.05, 0.1) is 5.41 Å². The highest BCUT2D eigenvalue weighted by Gasteiger charge is 2.48. The number of nitrogens with zero attached hydrogens (tertiary/aromatic N) is 1. The van der Waals surface area contributed by atoms with Gasteiger partial charge in [-0.2, -0.15) is 0 Å². The maximum atomic E-state index is 13.2. The third kappa shape index (κ3) is 3.05. The molecule has 142 valence electrons. The first-order valence-electron chi connectivity index (χ1n) is 10.00. The monoisotopic (exact) mass is 365 g/mol. The summed E-state index contributed by atoms with van der Waals surface area (Å²) in [4.78, 5) is 30.6. The maximum Gasteiger partial charge on any atom is 0.232 e. The molecule has 0 spiro atoms. The summed E-state index contributed by atoms with van der Waals surface area (Å²) in [5, 5.41) is 4.38. The fraction of sp³-hybridized carbons (Fsp3) is 0.455. The van der Waals surface area contributed by atoms with Crippen molar-refractivity contribution in [2.24, 2.45) is 5.41 Å². The number of likely N-dealkylation sites (tertiary alicyclic amines) is 1. The van der Waals surface area contributed by atoms with E-state index in [1.54, 1.807) is 0 Å². The van der Waals surface area contributed by atoms with E-state index in [9.17, 15) is 9.59 Å². The summed E-state index contributed by atoms with van der Waals surface area (Å²) in [6.07, 6.45) is 8.81. The molecule has 2 aliphatic rings. The number of fused-ring (bicyclic) bond motifs is 2. The summed E-state index contributed by atoms with van der Waals surface area (Å²) in [6, 6.07) is 8.22. The molecular formula is C22H27N3O2. The van der Waals surface area contributed by atoms with Crippen LogP contribution >= 0.6 is 0 Å². The highest BCUT2D eigenvalue weighted by atomic mass is 16.2. The largest absolute Gasteiger partial charge is 0.361 e. The van der Waals surface area contributed by atoms with Gasteiger partial charge in [-0.25, -0.2) is 0 Å². The lowest BCUT2D eigenvalue weighted by molar-refractivity contribution is -0.140. The van der Waals surface area contributed by atoms with E-state index in [-0.39, 0.29) is 11.8 Å². The van der Waals surface area contributed by atoms with Crippen molar-refractivity contribution in [1.82, 2.24) is 15.2 Å². The Kier molecular flexibility index (Phi) is 4.77. The molecule has 1 fully saturated rings. The molecule has 0 radical (unpaired) electrons. The van der Waals surface area contributed by atoms with Crippen molar-refractivity contribution >= 4 is 22.7 Å². The van der Waals surface area contributed by atoms with E-state index in [2.05, 4.69) is 28.5 Å². The second kappa shape index (κ2) is 7.22. The summed E-state index contributed by atoms with van der Waals surface area (Å²) < 4.78 is 0. The van der Waals surface area contributed by atoms with Crippen molar-refractivity contribution in [1.29, 1.82) is 0 Å². The summed E-state index contributed by atoms with van der Waals surface area (Å²) >= 11 is 0. The quantitative estimate of drug-likeness (QED) is 0.851. The number of hydrogen-bond donors (Lipinski definition) is 2. The van der Waals surface area contributed by atoms with E-state index in [0.29, 0.717) is 25.9 Å². The average molecular weight is 365 g/mol. The molecule has 2 aromatic rings. The molecule has 1 aliphatic carbocycles. The second-order valence-corrected chi connectivity index (χ2v) is 7.57. The molecule has 2 N–H and O–H groups in total. The number of allylic oxidation sites excluding steroid dienone is 1. The standard InChI is InChI=1S/C22H27N3O2/c1-2-25-19-9-5-6-12-22(19,13-10-20(25)26)21(27)23-14-11-16-15-24-18-8-4-3-7-17(16)18/h3-4,7-9,15,24H,2,5-6,10-14H2,1H3,(H,23,27). The second-order valence-electron chi connectivity index (χ2n) is 7.57. The number of benzene rings is 1. The van der Waals surface area contributed by atoms with Crippen LogP contribution in [0.4, 0.5) is 0 Å². The lowest BCUT2D eigenvalue weighted by Crippen LogP contribution is -2.53. The third-order valence-electron chi connectivity index (χ3n) is 6.10. The summed E-state index contributed by atoms with van der Waals surface area (Å²) in [6.45, 7) is 3.23. The Morgan fingerprint density at radius 3 is 3.00 bits per heavy atom. The van der Waals surface area contributed by atoms with E-state index in [0.717, 1.165) is 36.9 Å². The first-order chi connectivity index (χ1) is 13.2. The van der Waals surface area contributed by atoms with Crippen LogP contribution in [0.2, 0.25) is 0 Å². The molecular weight excluding hydrogens is 338 g/mol. The number of aromatic amines is 1. The number of piperidine rings is 1. The number of amides is 2. The Morgan fingerprint density at radius 2 is 2.15 bits per heavy atom. The van der Waals surface area contributed by atoms with Crippen molar-refractivity contribution in [3.8, 4) is 0 Å². The molecule has 27 heavy (non-hydrogen) atoms. The number of hydrogen-bond acceptors (Lipinski definition) is 2. The van der Waals surface area contributed by atoms with Gasteiger partial charge in [0.25, 0.3) is 0 Å². The van der Waals surface area contributed by atoms with Gasteiger partial charge in [0.2, 0.25) is 11.8 Å². The van der Waals surface area contributed by atoms with Crippen molar-refractivity contribution in [2.45, 2.75) is 45.4 Å². The van der Waals surface area contributed by atoms with Gasteiger partial charge < -0.3 is 15.2 Å². The smallest absolute Gasteiger partial charge is 0.232 e. The van der Waals surface area contributed by atoms with E-state index >= 15 is 0 Å². The molecule has 0 saturated carbocycles. The highest BCUT2D eigenvalue weighted by molar-refractivity contribution is 5.91. The average Bonchev–Trinajstić information content (AvgIpc) is 3.11. The fourth-order valence-electron chi connectivity index (χ4n) is 4.69. The Labute approximate surface area is 159 Å². The molecule has 4 rings (SSSR count). The molecule has 5 heteroatoms. The predicted molar refractivity (Wildman–Crippen MR) is 106 cm³/mol. The van der Waals surface area contributed by atoms with Crippen molar-refractivity contribution in [3.05, 3.63) is 47.8 Å². The third-order valence-corrected chi connectivity index (χ3v) is 6.10. The van der Waals surface area contributed by atoms with Gasteiger partial charge in [-0.05, 0) is 50.7 Å². The van der Waals surface area contributed by atoms with Gasteiger partial charge in [-0.3, -0.25) is 9.59 Å². The van der Waals surface area contributed by atoms with E-state index < -0.39 is 5.41 Å². The van der Waals surface area contributed by atoms with Gasteiger partial charge >= 0.3 is 0 Å². The molecule has 2 amide bonds. The lowest BCUT2D eigenvalue weighted by atomic mass is 9.69. The normalized spacial score (nSPS) is 22.5. The summed E-state index contributed by atoms with van der Waals surface area (Å²) in [5.74, 6) is 0.229. The Hall–Kier alpha value is -2.56. The highest BCUT2D eigenvalue weighted by Crippen LogP contribution is 2.46. The number of H-pyrrole nitrogens is 1. The van der Waals surface area contributed by atoms with E-state index in [4.69, 9.17) is 0 Å². The Bertz CT molecular complexity index is 898. The van der Waals surface area contributed by atoms with Crippen LogP contribution in [0.3, 0.4) is 0 Å². The zero-order valence-electron chi connectivity index (χ0n) is 15.9. The van der Waals surface area contributed by atoms with E-state index in [1.165, 1.54) is 10.9 Å². The van der Waals surface area contributed by atoms with Crippen LogP contribution in [0, 0.1) is 5.41 Å². The number of carbonyl (C=O) groups excluding carboxylic acids is 2. The zero-order valence-corrected chi connectivity index (χ0v) is 15.9. The molecule has 1 unspecified atom stereocenters. The molecule has 2 heterocycles. The molecule has 1 aromatic carbocycles. The van der Waals surface area contributed by atoms with Crippen molar-refractivity contribution in [3.63, 3.8) is 0 Å². The fourth-order valence-corrected chi connectivity index (χ4v) is 4.69. The van der Waals surface area contributed by atoms with Crippen LogP contribution in [0.15, 0.2) is 42.2 Å². The number of carbonyl (C=O) groups is 2. The van der Waals surface area contributed by atoms with Gasteiger partial charge in [0.15, 0.2) is 0 Å². The van der Waals surface area contributed by atoms with Crippen LogP contribution in [0.25, 0.3) is 10.9 Å². The molecule has 1 saturated heterocycles. The minimum atomic E-state index is -0.525. The number of rotatable bonds is 5. The lowest BCUT2D eigenvalue weighted by Gasteiger charge is -2.45. The van der Waals surface area contributed by atoms with Crippen LogP contribution < -0.4 is 5.32 Å². The molecule has 5 nitrogen and oxygen atoms in total. The summed E-state index contributed by atoms with van der Waals surface area (Å²) in [5.41, 5.74) is 2.76. The van der Waals surface area contributed by atoms with Crippen molar-refractivity contribution in [2.75, 3.05) is 13.1 Å². The Balaban J connectivity index is 1.47. The zero-order chi connectivity index (χ0) is 18.9. The van der Waals surface area contributed by atoms with Crippen LogP contribution in [0.5, 0.6) is 0 Å². The van der Waals surface area contributed by atoms with Crippen LogP contribution in [0.1, 0.15) is 44.6 Å². The minimum Gasteiger partial charge on any atom is -0.361 e. The first kappa shape index (κ1) is 17.8. The topological polar surface area (TPSA) is 65.2 Å². The molecule has 1 aliphatic heterocycles. The van der Waals surface area contributed by atoms with Gasteiger partial charge in [-0.15, -0.1) is 0 Å². The van der Waals surface area contributed by atoms with Crippen LogP contribution in [-0.2, 0) is 16.0 Å². The van der Waals surface area contributed by atoms with Gasteiger partial charge in [0.1, 0.15) is 0 Å². The number of aromatic nitrogens is 1. The SMILES string of the molecule is CCN1C(=O)CCC2(C(=O)NCCc3c[nH]c4ccccc34)CCCC=C12. The molecule has 1 atom stereocenters. The maximum absolute atomic E-state index is 13.2.